The molecular formula is C20H21N3O3. The zero-order valence-electron chi connectivity index (χ0n) is 14.5. The first kappa shape index (κ1) is 16.4. The second-order valence-electron chi connectivity index (χ2n) is 6.55. The zero-order valence-corrected chi connectivity index (χ0v) is 14.5. The molecule has 2 aliphatic heterocycles. The molecule has 1 aromatic heterocycles. The molecule has 4 rings (SSSR count). The van der Waals surface area contributed by atoms with Crippen molar-refractivity contribution in [3.05, 3.63) is 53.8 Å². The van der Waals surface area contributed by atoms with Crippen molar-refractivity contribution in [2.75, 3.05) is 23.0 Å². The Hall–Kier alpha value is -3.02. The van der Waals surface area contributed by atoms with E-state index in [0.717, 1.165) is 31.8 Å². The smallest absolute Gasteiger partial charge is 0.282 e. The van der Waals surface area contributed by atoms with E-state index in [1.165, 1.54) is 23.9 Å². The van der Waals surface area contributed by atoms with Crippen molar-refractivity contribution >= 4 is 29.5 Å². The number of amides is 2. The first-order valence-electron chi connectivity index (χ1n) is 8.99. The molecule has 0 bridgehead atoms. The molecule has 3 heterocycles. The number of nitrogens with one attached hydrogen (secondary N) is 1. The summed E-state index contributed by atoms with van der Waals surface area (Å²) in [5, 5.41) is 1.26. The number of hydrogen-bond acceptors (Lipinski definition) is 4. The highest BCUT2D eigenvalue weighted by atomic mass is 16.4. The average Bonchev–Trinajstić information content (AvgIpc) is 3.11. The van der Waals surface area contributed by atoms with Gasteiger partial charge in [0.05, 0.1) is 5.69 Å². The Labute approximate surface area is 152 Å². The molecule has 0 unspecified atom stereocenters. The van der Waals surface area contributed by atoms with Crippen LogP contribution >= 0.6 is 0 Å². The third-order valence-electron chi connectivity index (χ3n) is 4.72. The molecule has 26 heavy (non-hydrogen) atoms. The molecular weight excluding hydrogens is 330 g/mol. The highest BCUT2D eigenvalue weighted by molar-refractivity contribution is 6.31. The fraction of sp³-hybridized carbons (Fsp3) is 0.300. The fourth-order valence-electron chi connectivity index (χ4n) is 3.34. The summed E-state index contributed by atoms with van der Waals surface area (Å²) in [5.74, 6) is 0.502. The third kappa shape index (κ3) is 3.22. The van der Waals surface area contributed by atoms with Crippen molar-refractivity contribution < 1.29 is 14.0 Å². The summed E-state index contributed by atoms with van der Waals surface area (Å²) in [4.78, 5) is 27.1. The number of rotatable bonds is 3. The third-order valence-corrected chi connectivity index (χ3v) is 4.72. The first-order valence-corrected chi connectivity index (χ1v) is 8.99. The van der Waals surface area contributed by atoms with Crippen LogP contribution in [0, 0.1) is 0 Å². The number of hydrazine groups is 1. The molecule has 0 radical (unpaired) electrons. The molecule has 2 saturated heterocycles. The molecule has 134 valence electrons. The van der Waals surface area contributed by atoms with Gasteiger partial charge in [0.1, 0.15) is 11.3 Å². The van der Waals surface area contributed by atoms with Gasteiger partial charge in [0.25, 0.3) is 11.8 Å². The van der Waals surface area contributed by atoms with Gasteiger partial charge in [-0.2, -0.15) is 0 Å². The lowest BCUT2D eigenvalue weighted by Crippen LogP contribution is -2.35. The number of anilines is 2. The topological polar surface area (TPSA) is 65.8 Å². The van der Waals surface area contributed by atoms with Crippen molar-refractivity contribution in [3.63, 3.8) is 0 Å². The van der Waals surface area contributed by atoms with Gasteiger partial charge in [-0.15, -0.1) is 0 Å². The van der Waals surface area contributed by atoms with Crippen LogP contribution in [0.1, 0.15) is 31.4 Å². The minimum Gasteiger partial charge on any atom is -0.441 e. The lowest BCUT2D eigenvalue weighted by Gasteiger charge is -2.18. The second kappa shape index (κ2) is 7.07. The Balaban J connectivity index is 1.54. The molecule has 2 aromatic rings. The van der Waals surface area contributed by atoms with E-state index in [-0.39, 0.29) is 11.5 Å². The number of furan rings is 1. The molecule has 1 N–H and O–H groups in total. The highest BCUT2D eigenvalue weighted by Crippen LogP contribution is 2.25. The normalized spacial score (nSPS) is 19.8. The summed E-state index contributed by atoms with van der Waals surface area (Å²) in [7, 11) is 0. The molecule has 0 aliphatic carbocycles. The highest BCUT2D eigenvalue weighted by Gasteiger charge is 2.34. The molecule has 6 nitrogen and oxygen atoms in total. The van der Waals surface area contributed by atoms with Crippen molar-refractivity contribution in [1.82, 2.24) is 5.43 Å². The van der Waals surface area contributed by atoms with Crippen molar-refractivity contribution in [3.8, 4) is 0 Å². The van der Waals surface area contributed by atoms with Gasteiger partial charge in [0, 0.05) is 19.2 Å². The van der Waals surface area contributed by atoms with Gasteiger partial charge in [-0.05, 0) is 37.1 Å². The van der Waals surface area contributed by atoms with E-state index in [1.54, 1.807) is 18.2 Å². The van der Waals surface area contributed by atoms with Crippen LogP contribution in [-0.2, 0) is 9.59 Å². The minimum atomic E-state index is -0.424. The summed E-state index contributed by atoms with van der Waals surface area (Å²) >= 11 is 0. The van der Waals surface area contributed by atoms with Crippen LogP contribution in [0.15, 0.2) is 52.5 Å². The van der Waals surface area contributed by atoms with Gasteiger partial charge in [-0.1, -0.05) is 31.0 Å². The molecule has 1 aromatic carbocycles. The van der Waals surface area contributed by atoms with E-state index in [2.05, 4.69) is 10.3 Å². The number of benzene rings is 1. The SMILES string of the molecule is O=C1NN(c2ccccc2)C(=O)C1=Cc1ccc(N2CCCCCC2)o1. The number of para-hydroxylation sites is 1. The summed E-state index contributed by atoms with van der Waals surface area (Å²) in [6.07, 6.45) is 6.33. The Morgan fingerprint density at radius 2 is 1.65 bits per heavy atom. The van der Waals surface area contributed by atoms with Crippen LogP contribution in [0.4, 0.5) is 11.6 Å². The monoisotopic (exact) mass is 351 g/mol. The quantitative estimate of drug-likeness (QED) is 0.682. The average molecular weight is 351 g/mol. The Kier molecular flexibility index (Phi) is 4.48. The van der Waals surface area contributed by atoms with Crippen LogP contribution < -0.4 is 15.3 Å². The Bertz CT molecular complexity index is 833. The Morgan fingerprint density at radius 3 is 2.38 bits per heavy atom. The minimum absolute atomic E-state index is 0.0746. The van der Waals surface area contributed by atoms with E-state index in [4.69, 9.17) is 4.42 Å². The van der Waals surface area contributed by atoms with E-state index < -0.39 is 5.91 Å². The van der Waals surface area contributed by atoms with Crippen molar-refractivity contribution in [2.45, 2.75) is 25.7 Å². The van der Waals surface area contributed by atoms with E-state index >= 15 is 0 Å². The largest absolute Gasteiger partial charge is 0.441 e. The zero-order chi connectivity index (χ0) is 17.9. The summed E-state index contributed by atoms with van der Waals surface area (Å²) in [6.45, 7) is 1.95. The summed E-state index contributed by atoms with van der Waals surface area (Å²) in [5.41, 5.74) is 3.29. The van der Waals surface area contributed by atoms with Gasteiger partial charge in [-0.25, -0.2) is 5.01 Å². The standard InChI is InChI=1S/C20H21N3O3/c24-19-17(20(25)23(21-19)15-8-4-3-5-9-15)14-16-10-11-18(26-16)22-12-6-1-2-7-13-22/h3-5,8-11,14H,1-2,6-7,12-13H2,(H,21,24). The predicted octanol–water partition coefficient (Wildman–Crippen LogP) is 3.12. The van der Waals surface area contributed by atoms with Crippen LogP contribution in [0.2, 0.25) is 0 Å². The van der Waals surface area contributed by atoms with Crippen LogP contribution in [-0.4, -0.2) is 24.9 Å². The van der Waals surface area contributed by atoms with Crippen LogP contribution in [0.5, 0.6) is 0 Å². The Morgan fingerprint density at radius 1 is 0.923 bits per heavy atom. The number of nitrogens with zero attached hydrogens (tertiary/aromatic N) is 2. The van der Waals surface area contributed by atoms with Crippen LogP contribution in [0.3, 0.4) is 0 Å². The molecule has 0 spiro atoms. The van der Waals surface area contributed by atoms with Gasteiger partial charge in [0.2, 0.25) is 0 Å². The van der Waals surface area contributed by atoms with Crippen molar-refractivity contribution in [1.29, 1.82) is 0 Å². The maximum atomic E-state index is 12.6. The molecule has 0 saturated carbocycles. The number of carbonyl (C=O) groups is 2. The summed E-state index contributed by atoms with van der Waals surface area (Å²) < 4.78 is 5.88. The van der Waals surface area contributed by atoms with Crippen molar-refractivity contribution in [2.24, 2.45) is 0 Å². The van der Waals surface area contributed by atoms with E-state index in [9.17, 15) is 9.59 Å². The predicted molar refractivity (Wildman–Crippen MR) is 99.4 cm³/mol. The maximum absolute atomic E-state index is 12.6. The van der Waals surface area contributed by atoms with Gasteiger partial charge < -0.3 is 9.32 Å². The maximum Gasteiger partial charge on any atom is 0.282 e. The van der Waals surface area contributed by atoms with Gasteiger partial charge in [-0.3, -0.25) is 15.0 Å². The lowest BCUT2D eigenvalue weighted by atomic mass is 10.2. The van der Waals surface area contributed by atoms with Crippen LogP contribution in [0.25, 0.3) is 6.08 Å². The number of hydrogen-bond donors (Lipinski definition) is 1. The second-order valence-corrected chi connectivity index (χ2v) is 6.55. The summed E-state index contributed by atoms with van der Waals surface area (Å²) in [6, 6.07) is 12.7. The first-order chi connectivity index (χ1) is 12.7. The van der Waals surface area contributed by atoms with E-state index in [1.807, 2.05) is 24.3 Å². The van der Waals surface area contributed by atoms with E-state index in [0.29, 0.717) is 11.4 Å². The number of carbonyl (C=O) groups excluding carboxylic acids is 2. The molecule has 2 fully saturated rings. The lowest BCUT2D eigenvalue weighted by molar-refractivity contribution is -0.117. The molecule has 6 heteroatoms. The van der Waals surface area contributed by atoms with Gasteiger partial charge >= 0.3 is 0 Å². The van der Waals surface area contributed by atoms with Gasteiger partial charge in [0.15, 0.2) is 5.88 Å². The fourth-order valence-corrected chi connectivity index (χ4v) is 3.34. The molecule has 2 aliphatic rings. The molecule has 2 amide bonds. The molecule has 0 atom stereocenters.